The van der Waals surface area contributed by atoms with Crippen molar-refractivity contribution in [3.63, 3.8) is 0 Å². The predicted molar refractivity (Wildman–Crippen MR) is 94.6 cm³/mol. The van der Waals surface area contributed by atoms with Crippen molar-refractivity contribution < 1.29 is 19.1 Å². The Balaban J connectivity index is 1.70. The SMILES string of the molecule is O=C(Nc1nc2c(s1)c(C(=O)O)nn2Cc1ccccc1)c1ccco1. The van der Waals surface area contributed by atoms with E-state index in [1.54, 1.807) is 6.07 Å². The molecule has 0 aliphatic heterocycles. The third-order valence-electron chi connectivity index (χ3n) is 3.63. The predicted octanol–water partition coefficient (Wildman–Crippen LogP) is 3.08. The number of nitrogens with one attached hydrogen (secondary N) is 1. The van der Waals surface area contributed by atoms with Crippen LogP contribution in [0.1, 0.15) is 26.6 Å². The summed E-state index contributed by atoms with van der Waals surface area (Å²) in [5.74, 6) is -1.45. The van der Waals surface area contributed by atoms with Crippen molar-refractivity contribution in [1.82, 2.24) is 14.8 Å². The molecule has 3 aromatic heterocycles. The molecule has 4 aromatic rings. The lowest BCUT2D eigenvalue weighted by Gasteiger charge is -2.02. The van der Waals surface area contributed by atoms with Crippen LogP contribution in [0.4, 0.5) is 5.13 Å². The molecule has 0 bridgehead atoms. The standard InChI is InChI=1S/C17H12N4O4S/c22-15(11-7-4-8-25-11)19-17-18-14-13(26-17)12(16(23)24)20-21(14)9-10-5-2-1-3-6-10/h1-8H,9H2,(H,23,24)(H,18,19,22). The number of furan rings is 1. The Hall–Kier alpha value is -3.46. The van der Waals surface area contributed by atoms with E-state index >= 15 is 0 Å². The Morgan fingerprint density at radius 2 is 2.00 bits per heavy atom. The quantitative estimate of drug-likeness (QED) is 0.560. The molecule has 8 nitrogen and oxygen atoms in total. The van der Waals surface area contributed by atoms with Gasteiger partial charge in [-0.3, -0.25) is 10.1 Å². The third kappa shape index (κ3) is 2.95. The molecule has 0 atom stereocenters. The highest BCUT2D eigenvalue weighted by atomic mass is 32.1. The van der Waals surface area contributed by atoms with Crippen molar-refractivity contribution in [1.29, 1.82) is 0 Å². The van der Waals surface area contributed by atoms with E-state index in [1.807, 2.05) is 30.3 Å². The van der Waals surface area contributed by atoms with Crippen molar-refractivity contribution in [2.24, 2.45) is 0 Å². The van der Waals surface area contributed by atoms with Gasteiger partial charge < -0.3 is 9.52 Å². The lowest BCUT2D eigenvalue weighted by Crippen LogP contribution is -2.11. The molecule has 0 fully saturated rings. The van der Waals surface area contributed by atoms with E-state index in [0.29, 0.717) is 16.9 Å². The van der Waals surface area contributed by atoms with E-state index in [2.05, 4.69) is 15.4 Å². The fourth-order valence-electron chi connectivity index (χ4n) is 2.48. The molecule has 130 valence electrons. The van der Waals surface area contributed by atoms with E-state index in [1.165, 1.54) is 17.0 Å². The molecule has 9 heteroatoms. The number of anilines is 1. The van der Waals surface area contributed by atoms with Gasteiger partial charge in [-0.25, -0.2) is 9.48 Å². The van der Waals surface area contributed by atoms with Crippen molar-refractivity contribution in [2.75, 3.05) is 5.32 Å². The maximum Gasteiger partial charge on any atom is 0.357 e. The molecule has 0 aliphatic rings. The molecule has 1 amide bonds. The van der Waals surface area contributed by atoms with Crippen LogP contribution in [0, 0.1) is 0 Å². The minimum absolute atomic E-state index is 0.0908. The monoisotopic (exact) mass is 368 g/mol. The summed E-state index contributed by atoms with van der Waals surface area (Å²) in [5.41, 5.74) is 1.28. The number of carbonyl (C=O) groups is 2. The Morgan fingerprint density at radius 3 is 2.69 bits per heavy atom. The number of thiazole rings is 1. The number of aromatic carboxylic acids is 1. The summed E-state index contributed by atoms with van der Waals surface area (Å²) in [7, 11) is 0. The average Bonchev–Trinajstić information content (AvgIpc) is 3.33. The van der Waals surface area contributed by atoms with Gasteiger partial charge in [-0.2, -0.15) is 10.1 Å². The van der Waals surface area contributed by atoms with Crippen molar-refractivity contribution in [2.45, 2.75) is 6.54 Å². The van der Waals surface area contributed by atoms with Gasteiger partial charge in [0.15, 0.2) is 22.2 Å². The number of carbonyl (C=O) groups excluding carboxylic acids is 1. The number of nitrogens with zero attached hydrogens (tertiary/aromatic N) is 3. The van der Waals surface area contributed by atoms with Crippen molar-refractivity contribution in [3.05, 3.63) is 65.7 Å². The summed E-state index contributed by atoms with van der Waals surface area (Å²) in [6.45, 7) is 0.375. The second-order valence-electron chi connectivity index (χ2n) is 5.40. The van der Waals surface area contributed by atoms with Crippen LogP contribution in [0.15, 0.2) is 53.1 Å². The Bertz CT molecular complexity index is 1080. The Labute approximate surface area is 150 Å². The van der Waals surface area contributed by atoms with Crippen LogP contribution >= 0.6 is 11.3 Å². The molecule has 0 aliphatic carbocycles. The highest BCUT2D eigenvalue weighted by Crippen LogP contribution is 2.30. The number of hydrogen-bond donors (Lipinski definition) is 2. The van der Waals surface area contributed by atoms with Gasteiger partial charge in [0.25, 0.3) is 5.91 Å². The van der Waals surface area contributed by atoms with Crippen LogP contribution in [0.2, 0.25) is 0 Å². The van der Waals surface area contributed by atoms with E-state index in [0.717, 1.165) is 16.9 Å². The summed E-state index contributed by atoms with van der Waals surface area (Å²) >= 11 is 1.06. The highest BCUT2D eigenvalue weighted by molar-refractivity contribution is 7.22. The summed E-state index contributed by atoms with van der Waals surface area (Å²) < 4.78 is 6.97. The Morgan fingerprint density at radius 1 is 1.19 bits per heavy atom. The van der Waals surface area contributed by atoms with E-state index in [4.69, 9.17) is 4.42 Å². The first-order valence-electron chi connectivity index (χ1n) is 7.61. The van der Waals surface area contributed by atoms with Gasteiger partial charge in [-0.15, -0.1) is 0 Å². The van der Waals surface area contributed by atoms with Crippen LogP contribution < -0.4 is 5.32 Å². The number of carboxylic acid groups (broad SMARTS) is 1. The first kappa shape index (κ1) is 16.0. The van der Waals surface area contributed by atoms with E-state index < -0.39 is 11.9 Å². The number of rotatable bonds is 5. The van der Waals surface area contributed by atoms with Crippen molar-refractivity contribution >= 4 is 38.7 Å². The van der Waals surface area contributed by atoms with Crippen LogP contribution in [-0.2, 0) is 6.54 Å². The summed E-state index contributed by atoms with van der Waals surface area (Å²) in [5, 5.41) is 16.5. The number of hydrogen-bond acceptors (Lipinski definition) is 6. The molecule has 0 unspecified atom stereocenters. The van der Waals surface area contributed by atoms with E-state index in [9.17, 15) is 14.7 Å². The zero-order valence-corrected chi connectivity index (χ0v) is 14.1. The van der Waals surface area contributed by atoms with Crippen LogP contribution in [0.3, 0.4) is 0 Å². The lowest BCUT2D eigenvalue weighted by molar-refractivity contribution is 0.0691. The summed E-state index contributed by atoms with van der Waals surface area (Å²) in [6, 6.07) is 12.7. The maximum absolute atomic E-state index is 12.1. The fraction of sp³-hybridized carbons (Fsp3) is 0.0588. The fourth-order valence-corrected chi connectivity index (χ4v) is 3.42. The molecule has 0 radical (unpaired) electrons. The van der Waals surface area contributed by atoms with Gasteiger partial charge in [-0.05, 0) is 17.7 Å². The van der Waals surface area contributed by atoms with Crippen LogP contribution in [0.25, 0.3) is 10.3 Å². The molecule has 3 heterocycles. The lowest BCUT2D eigenvalue weighted by atomic mass is 10.2. The number of amides is 1. The molecule has 0 saturated heterocycles. The molecule has 0 spiro atoms. The summed E-state index contributed by atoms with van der Waals surface area (Å²) in [6.07, 6.45) is 1.40. The van der Waals surface area contributed by atoms with Crippen LogP contribution in [0.5, 0.6) is 0 Å². The minimum atomic E-state index is -1.14. The van der Waals surface area contributed by atoms with E-state index in [-0.39, 0.29) is 16.6 Å². The zero-order chi connectivity index (χ0) is 18.1. The van der Waals surface area contributed by atoms with Crippen molar-refractivity contribution in [3.8, 4) is 0 Å². The molecule has 2 N–H and O–H groups in total. The largest absolute Gasteiger partial charge is 0.476 e. The molecule has 26 heavy (non-hydrogen) atoms. The normalized spacial score (nSPS) is 10.9. The highest BCUT2D eigenvalue weighted by Gasteiger charge is 2.22. The zero-order valence-electron chi connectivity index (χ0n) is 13.2. The molecular weight excluding hydrogens is 356 g/mol. The number of benzene rings is 1. The first-order chi connectivity index (χ1) is 12.6. The van der Waals surface area contributed by atoms with Gasteiger partial charge in [0.05, 0.1) is 12.8 Å². The molecule has 0 saturated carbocycles. The average molecular weight is 368 g/mol. The second-order valence-corrected chi connectivity index (χ2v) is 6.40. The molecule has 1 aromatic carbocycles. The molecular formula is C17H12N4O4S. The van der Waals surface area contributed by atoms with Crippen LogP contribution in [-0.4, -0.2) is 31.7 Å². The molecule has 4 rings (SSSR count). The van der Waals surface area contributed by atoms with Gasteiger partial charge in [0.2, 0.25) is 0 Å². The maximum atomic E-state index is 12.1. The Kier molecular flexibility index (Phi) is 3.98. The topological polar surface area (TPSA) is 110 Å². The van der Waals surface area contributed by atoms with Gasteiger partial charge >= 0.3 is 5.97 Å². The smallest absolute Gasteiger partial charge is 0.357 e. The number of aromatic nitrogens is 3. The number of fused-ring (bicyclic) bond motifs is 1. The minimum Gasteiger partial charge on any atom is -0.476 e. The summed E-state index contributed by atoms with van der Waals surface area (Å²) in [4.78, 5) is 27.9. The van der Waals surface area contributed by atoms with Gasteiger partial charge in [-0.1, -0.05) is 41.7 Å². The van der Waals surface area contributed by atoms with Gasteiger partial charge in [0.1, 0.15) is 4.70 Å². The van der Waals surface area contributed by atoms with Gasteiger partial charge in [0, 0.05) is 0 Å². The number of carboxylic acids is 1. The first-order valence-corrected chi connectivity index (χ1v) is 8.43. The second kappa shape index (κ2) is 6.45. The third-order valence-corrected chi connectivity index (χ3v) is 4.60.